The second-order valence-electron chi connectivity index (χ2n) is 5.67. The maximum Gasteiger partial charge on any atom is 0.227 e. The van der Waals surface area contributed by atoms with Crippen LogP contribution in [0.2, 0.25) is 0 Å². The topological polar surface area (TPSA) is 98.2 Å². The van der Waals surface area contributed by atoms with Crippen LogP contribution >= 0.6 is 24.2 Å². The smallest absolute Gasteiger partial charge is 0.227 e. The van der Waals surface area contributed by atoms with Gasteiger partial charge in [0, 0.05) is 29.0 Å². The van der Waals surface area contributed by atoms with Crippen molar-refractivity contribution < 1.29 is 9.59 Å². The van der Waals surface area contributed by atoms with E-state index in [-0.39, 0.29) is 36.2 Å². The van der Waals surface area contributed by atoms with Crippen LogP contribution in [0.25, 0.3) is 0 Å². The van der Waals surface area contributed by atoms with Crippen LogP contribution in [0.15, 0.2) is 29.2 Å². The van der Waals surface area contributed by atoms with Crippen LogP contribution in [0, 0.1) is 5.92 Å². The number of hydrogen-bond acceptors (Lipinski definition) is 4. The van der Waals surface area contributed by atoms with Gasteiger partial charge in [0.1, 0.15) is 0 Å². The first-order valence-electron chi connectivity index (χ1n) is 7.63. The fourth-order valence-corrected chi connectivity index (χ4v) is 3.63. The summed E-state index contributed by atoms with van der Waals surface area (Å²) in [6.07, 6.45) is 3.99. The fourth-order valence-electron chi connectivity index (χ4n) is 2.66. The summed E-state index contributed by atoms with van der Waals surface area (Å²) in [7, 11) is 0. The molecule has 128 valence electrons. The van der Waals surface area contributed by atoms with Crippen molar-refractivity contribution in [1.29, 1.82) is 0 Å². The minimum absolute atomic E-state index is 0. The highest BCUT2D eigenvalue weighted by Gasteiger charge is 2.25. The van der Waals surface area contributed by atoms with E-state index >= 15 is 0 Å². The third-order valence-corrected chi connectivity index (χ3v) is 4.91. The molecule has 2 amide bonds. The molecule has 0 heterocycles. The number of nitrogens with one attached hydrogen (secondary N) is 1. The molecular formula is C16H24ClN3O2S. The van der Waals surface area contributed by atoms with Gasteiger partial charge in [0.05, 0.1) is 5.69 Å². The normalized spacial score (nSPS) is 20.4. The predicted molar refractivity (Wildman–Crippen MR) is 96.8 cm³/mol. The van der Waals surface area contributed by atoms with E-state index in [9.17, 15) is 9.59 Å². The van der Waals surface area contributed by atoms with Crippen LogP contribution in [-0.4, -0.2) is 23.6 Å². The molecule has 2 unspecified atom stereocenters. The van der Waals surface area contributed by atoms with Gasteiger partial charge in [-0.3, -0.25) is 9.59 Å². The van der Waals surface area contributed by atoms with Crippen LogP contribution in [0.1, 0.15) is 32.1 Å². The van der Waals surface area contributed by atoms with Crippen molar-refractivity contribution in [1.82, 2.24) is 0 Å². The first kappa shape index (κ1) is 19.8. The molecule has 1 aromatic rings. The lowest BCUT2D eigenvalue weighted by atomic mass is 9.85. The maximum atomic E-state index is 12.4. The van der Waals surface area contributed by atoms with Gasteiger partial charge in [-0.05, 0) is 31.4 Å². The van der Waals surface area contributed by atoms with Crippen LogP contribution in [0.4, 0.5) is 5.69 Å². The lowest BCUT2D eigenvalue weighted by molar-refractivity contribution is -0.121. The highest BCUT2D eigenvalue weighted by Crippen LogP contribution is 2.29. The average molecular weight is 358 g/mol. The quantitative estimate of drug-likeness (QED) is 0.681. The van der Waals surface area contributed by atoms with Crippen LogP contribution in [0.3, 0.4) is 0 Å². The molecule has 1 aliphatic rings. The number of thioether (sulfide) groups is 1. The van der Waals surface area contributed by atoms with Gasteiger partial charge in [-0.25, -0.2) is 0 Å². The summed E-state index contributed by atoms with van der Waals surface area (Å²) < 4.78 is 0. The van der Waals surface area contributed by atoms with Gasteiger partial charge < -0.3 is 16.8 Å². The predicted octanol–water partition coefficient (Wildman–Crippen LogP) is 2.53. The Morgan fingerprint density at radius 1 is 1.26 bits per heavy atom. The van der Waals surface area contributed by atoms with E-state index in [2.05, 4.69) is 5.32 Å². The minimum Gasteiger partial charge on any atom is -0.370 e. The number of amides is 2. The Balaban J connectivity index is 0.00000264. The van der Waals surface area contributed by atoms with E-state index in [0.717, 1.165) is 36.3 Å². The van der Waals surface area contributed by atoms with Crippen molar-refractivity contribution in [3.63, 3.8) is 0 Å². The fraction of sp³-hybridized carbons (Fsp3) is 0.500. The van der Waals surface area contributed by atoms with Crippen molar-refractivity contribution in [3.05, 3.63) is 24.3 Å². The van der Waals surface area contributed by atoms with E-state index in [4.69, 9.17) is 11.5 Å². The Bertz CT molecular complexity index is 542. The zero-order valence-corrected chi connectivity index (χ0v) is 14.6. The van der Waals surface area contributed by atoms with Crippen LogP contribution in [-0.2, 0) is 9.59 Å². The number of primary amides is 1. The Kier molecular flexibility index (Phi) is 8.44. The molecule has 5 N–H and O–H groups in total. The van der Waals surface area contributed by atoms with Gasteiger partial charge in [-0.1, -0.05) is 18.6 Å². The van der Waals surface area contributed by atoms with Crippen molar-refractivity contribution in [2.24, 2.45) is 17.4 Å². The molecule has 1 aromatic carbocycles. The van der Waals surface area contributed by atoms with Crippen LogP contribution < -0.4 is 16.8 Å². The summed E-state index contributed by atoms with van der Waals surface area (Å²) in [5.74, 6) is 0.326. The number of para-hydroxylation sites is 1. The molecule has 23 heavy (non-hydrogen) atoms. The monoisotopic (exact) mass is 357 g/mol. The van der Waals surface area contributed by atoms with Crippen molar-refractivity contribution in [3.8, 4) is 0 Å². The lowest BCUT2D eigenvalue weighted by Crippen LogP contribution is -2.34. The minimum atomic E-state index is -0.315. The Labute approximate surface area is 147 Å². The first-order chi connectivity index (χ1) is 10.6. The third kappa shape index (κ3) is 6.41. The van der Waals surface area contributed by atoms with Gasteiger partial charge in [0.2, 0.25) is 11.8 Å². The summed E-state index contributed by atoms with van der Waals surface area (Å²) in [6, 6.07) is 7.75. The number of anilines is 1. The maximum absolute atomic E-state index is 12.4. The highest BCUT2D eigenvalue weighted by atomic mass is 35.5. The summed E-state index contributed by atoms with van der Waals surface area (Å²) in [6.45, 7) is 0. The van der Waals surface area contributed by atoms with Crippen molar-refractivity contribution in [2.45, 2.75) is 43.0 Å². The molecule has 2 atom stereocenters. The Morgan fingerprint density at radius 3 is 2.70 bits per heavy atom. The van der Waals surface area contributed by atoms with Gasteiger partial charge in [0.25, 0.3) is 0 Å². The number of nitrogens with two attached hydrogens (primary N) is 2. The highest BCUT2D eigenvalue weighted by molar-refractivity contribution is 7.99. The Morgan fingerprint density at radius 2 is 2.00 bits per heavy atom. The summed E-state index contributed by atoms with van der Waals surface area (Å²) in [5.41, 5.74) is 11.9. The average Bonchev–Trinajstić information content (AvgIpc) is 2.48. The molecule has 0 saturated heterocycles. The zero-order chi connectivity index (χ0) is 15.9. The molecule has 0 bridgehead atoms. The number of benzene rings is 1. The SMILES string of the molecule is Cl.NC(=O)CCSc1ccccc1NC(=O)C1CCCC(N)C1. The molecule has 1 aliphatic carbocycles. The standard InChI is InChI=1S/C16H23N3O2S.ClH/c17-12-5-3-4-11(10-12)16(21)19-13-6-1-2-7-14(13)22-9-8-15(18)20;/h1-2,6-7,11-12H,3-5,8-10,17H2,(H2,18,20)(H,19,21);1H. The summed E-state index contributed by atoms with van der Waals surface area (Å²) in [5, 5.41) is 3.01. The molecule has 1 fully saturated rings. The number of hydrogen-bond donors (Lipinski definition) is 3. The third-order valence-electron chi connectivity index (χ3n) is 3.84. The summed E-state index contributed by atoms with van der Waals surface area (Å²) in [4.78, 5) is 24.2. The number of carbonyl (C=O) groups excluding carboxylic acids is 2. The van der Waals surface area contributed by atoms with Gasteiger partial charge in [-0.2, -0.15) is 0 Å². The number of halogens is 1. The molecule has 0 aromatic heterocycles. The second kappa shape index (κ2) is 9.80. The first-order valence-corrected chi connectivity index (χ1v) is 8.61. The molecule has 0 radical (unpaired) electrons. The number of rotatable bonds is 6. The molecular weight excluding hydrogens is 334 g/mol. The molecule has 1 saturated carbocycles. The van der Waals surface area contributed by atoms with E-state index in [1.807, 2.05) is 24.3 Å². The van der Waals surface area contributed by atoms with Crippen molar-refractivity contribution >= 4 is 41.7 Å². The molecule has 5 nitrogen and oxygen atoms in total. The Hall–Kier alpha value is -1.24. The lowest BCUT2D eigenvalue weighted by Gasteiger charge is -2.26. The zero-order valence-electron chi connectivity index (χ0n) is 13.0. The van der Waals surface area contributed by atoms with E-state index in [1.165, 1.54) is 11.8 Å². The second-order valence-corrected chi connectivity index (χ2v) is 6.81. The molecule has 7 heteroatoms. The van der Waals surface area contributed by atoms with E-state index in [1.54, 1.807) is 0 Å². The van der Waals surface area contributed by atoms with Crippen molar-refractivity contribution in [2.75, 3.05) is 11.1 Å². The van der Waals surface area contributed by atoms with Gasteiger partial charge >= 0.3 is 0 Å². The number of carbonyl (C=O) groups is 2. The van der Waals surface area contributed by atoms with Crippen LogP contribution in [0.5, 0.6) is 0 Å². The summed E-state index contributed by atoms with van der Waals surface area (Å²) >= 11 is 1.52. The molecule has 2 rings (SSSR count). The largest absolute Gasteiger partial charge is 0.370 e. The van der Waals surface area contributed by atoms with Gasteiger partial charge in [-0.15, -0.1) is 24.2 Å². The van der Waals surface area contributed by atoms with Gasteiger partial charge in [0.15, 0.2) is 0 Å². The molecule has 0 spiro atoms. The van der Waals surface area contributed by atoms with E-state index < -0.39 is 0 Å². The molecule has 0 aliphatic heterocycles. The van der Waals surface area contributed by atoms with E-state index in [0.29, 0.717) is 12.2 Å².